The molecule has 0 aromatic heterocycles. The molecule has 0 radical (unpaired) electrons. The summed E-state index contributed by atoms with van der Waals surface area (Å²) in [6.07, 6.45) is 6.94. The van der Waals surface area contributed by atoms with Crippen LogP contribution in [0.1, 0.15) is 44.7 Å². The predicted molar refractivity (Wildman–Crippen MR) is 75.3 cm³/mol. The molecule has 0 nitrogen and oxygen atoms in total. The minimum absolute atomic E-state index is 0.153. The van der Waals surface area contributed by atoms with Gasteiger partial charge in [0.1, 0.15) is 0 Å². The lowest BCUT2D eigenvalue weighted by molar-refractivity contribution is 0.580. The molecular formula is C17H22. The molecule has 0 atom stereocenters. The maximum Gasteiger partial charge on any atom is 0.0113 e. The highest BCUT2D eigenvalue weighted by atomic mass is 14.3. The third-order valence-electron chi connectivity index (χ3n) is 3.98. The van der Waals surface area contributed by atoms with Crippen molar-refractivity contribution in [1.29, 1.82) is 0 Å². The van der Waals surface area contributed by atoms with E-state index in [4.69, 9.17) is 0 Å². The van der Waals surface area contributed by atoms with Gasteiger partial charge in [0.15, 0.2) is 0 Å². The second-order valence-electron chi connectivity index (χ2n) is 5.54. The first-order valence-electron chi connectivity index (χ1n) is 6.46. The normalized spacial score (nSPS) is 16.5. The maximum absolute atomic E-state index is 2.35. The van der Waals surface area contributed by atoms with Crippen molar-refractivity contribution >= 4 is 0 Å². The molecule has 1 aromatic carbocycles. The average Bonchev–Trinajstić information content (AvgIpc) is 2.29. The molecule has 0 amide bonds. The largest absolute Gasteiger partial charge is 0.0840 e. The fourth-order valence-electron chi connectivity index (χ4n) is 3.03. The average molecular weight is 226 g/mol. The van der Waals surface area contributed by atoms with Crippen LogP contribution in [0.15, 0.2) is 47.6 Å². The van der Waals surface area contributed by atoms with Gasteiger partial charge in [0.2, 0.25) is 0 Å². The third kappa shape index (κ3) is 2.22. The molecule has 0 heterocycles. The molecule has 17 heavy (non-hydrogen) atoms. The molecule has 0 saturated heterocycles. The Labute approximate surface area is 105 Å². The number of hydrogen-bond donors (Lipinski definition) is 0. The Morgan fingerprint density at radius 3 is 2.41 bits per heavy atom. The van der Waals surface area contributed by atoms with Gasteiger partial charge < -0.3 is 0 Å². The molecular weight excluding hydrogens is 204 g/mol. The predicted octanol–water partition coefficient (Wildman–Crippen LogP) is 4.94. The molecule has 0 saturated carbocycles. The Balaban J connectivity index is 2.50. The van der Waals surface area contributed by atoms with Crippen LogP contribution in [0, 0.1) is 6.92 Å². The van der Waals surface area contributed by atoms with Crippen LogP contribution < -0.4 is 0 Å². The summed E-state index contributed by atoms with van der Waals surface area (Å²) in [5.41, 5.74) is 6.05. The Kier molecular flexibility index (Phi) is 3.24. The summed E-state index contributed by atoms with van der Waals surface area (Å²) in [6, 6.07) is 8.76. The lowest BCUT2D eigenvalue weighted by atomic mass is 9.71. The van der Waals surface area contributed by atoms with Crippen molar-refractivity contribution in [3.8, 4) is 0 Å². The molecule has 0 N–H and O–H groups in total. The summed E-state index contributed by atoms with van der Waals surface area (Å²) in [7, 11) is 0. The number of benzene rings is 1. The summed E-state index contributed by atoms with van der Waals surface area (Å²) >= 11 is 0. The summed E-state index contributed by atoms with van der Waals surface area (Å²) in [5.74, 6) is 0. The minimum atomic E-state index is 0.153. The van der Waals surface area contributed by atoms with Gasteiger partial charge in [-0.15, -0.1) is 0 Å². The zero-order valence-electron chi connectivity index (χ0n) is 11.4. The molecule has 2 rings (SSSR count). The molecule has 0 unspecified atom stereocenters. The Morgan fingerprint density at radius 2 is 1.76 bits per heavy atom. The Morgan fingerprint density at radius 1 is 1.06 bits per heavy atom. The third-order valence-corrected chi connectivity index (χ3v) is 3.98. The lowest BCUT2D eigenvalue weighted by Crippen LogP contribution is -2.23. The number of hydrogen-bond acceptors (Lipinski definition) is 0. The zero-order valence-corrected chi connectivity index (χ0v) is 11.4. The number of allylic oxidation sites excluding steroid dienone is 4. The van der Waals surface area contributed by atoms with Crippen molar-refractivity contribution in [3.05, 3.63) is 58.7 Å². The van der Waals surface area contributed by atoms with Crippen molar-refractivity contribution in [2.45, 2.75) is 46.0 Å². The van der Waals surface area contributed by atoms with Gasteiger partial charge in [0, 0.05) is 5.41 Å². The first kappa shape index (κ1) is 12.2. The second kappa shape index (κ2) is 4.52. The van der Waals surface area contributed by atoms with Crippen LogP contribution in [-0.4, -0.2) is 0 Å². The molecule has 0 aliphatic heterocycles. The quantitative estimate of drug-likeness (QED) is 0.670. The van der Waals surface area contributed by atoms with Crippen LogP contribution in [0.5, 0.6) is 0 Å². The summed E-state index contributed by atoms with van der Waals surface area (Å²) in [4.78, 5) is 0. The van der Waals surface area contributed by atoms with Gasteiger partial charge in [-0.05, 0) is 37.8 Å². The van der Waals surface area contributed by atoms with E-state index in [9.17, 15) is 0 Å². The van der Waals surface area contributed by atoms with Crippen LogP contribution in [-0.2, 0) is 5.41 Å². The van der Waals surface area contributed by atoms with Crippen LogP contribution in [0.25, 0.3) is 0 Å². The Bertz CT molecular complexity index is 473. The standard InChI is InChI=1S/C17H22/c1-13-9-5-7-11-15(13)17(3,4)16-12-8-6-10-14(16)2/h5-7,9-11H,8,12H2,1-4H3. The van der Waals surface area contributed by atoms with Crippen LogP contribution in [0.3, 0.4) is 0 Å². The molecule has 1 aromatic rings. The first-order chi connectivity index (χ1) is 8.03. The van der Waals surface area contributed by atoms with Crippen molar-refractivity contribution in [2.75, 3.05) is 0 Å². The smallest absolute Gasteiger partial charge is 0.0113 e. The minimum Gasteiger partial charge on any atom is -0.0840 e. The van der Waals surface area contributed by atoms with Gasteiger partial charge in [-0.3, -0.25) is 0 Å². The fraction of sp³-hybridized carbons (Fsp3) is 0.412. The molecule has 0 heteroatoms. The molecule has 0 bridgehead atoms. The van der Waals surface area contributed by atoms with Gasteiger partial charge in [-0.1, -0.05) is 61.4 Å². The van der Waals surface area contributed by atoms with Gasteiger partial charge in [-0.2, -0.15) is 0 Å². The lowest BCUT2D eigenvalue weighted by Gasteiger charge is -2.33. The van der Waals surface area contributed by atoms with Crippen molar-refractivity contribution < 1.29 is 0 Å². The van der Waals surface area contributed by atoms with E-state index in [1.165, 1.54) is 29.5 Å². The van der Waals surface area contributed by atoms with Crippen molar-refractivity contribution in [3.63, 3.8) is 0 Å². The SMILES string of the molecule is CC1=C(C(C)(C)c2ccccc2C)CCC=C1. The number of aryl methyl sites for hydroxylation is 1. The van der Waals surface area contributed by atoms with Gasteiger partial charge >= 0.3 is 0 Å². The highest BCUT2D eigenvalue weighted by molar-refractivity contribution is 5.44. The highest BCUT2D eigenvalue weighted by Gasteiger charge is 2.28. The van der Waals surface area contributed by atoms with Gasteiger partial charge in [0.25, 0.3) is 0 Å². The van der Waals surface area contributed by atoms with Gasteiger partial charge in [0.05, 0.1) is 0 Å². The molecule has 90 valence electrons. The topological polar surface area (TPSA) is 0 Å². The van der Waals surface area contributed by atoms with E-state index in [1.54, 1.807) is 5.57 Å². The molecule has 0 fully saturated rings. The second-order valence-corrected chi connectivity index (χ2v) is 5.54. The zero-order chi connectivity index (χ0) is 12.5. The van der Waals surface area contributed by atoms with E-state index in [0.29, 0.717) is 0 Å². The summed E-state index contributed by atoms with van der Waals surface area (Å²) < 4.78 is 0. The first-order valence-corrected chi connectivity index (χ1v) is 6.46. The fourth-order valence-corrected chi connectivity index (χ4v) is 3.03. The highest BCUT2D eigenvalue weighted by Crippen LogP contribution is 2.39. The van der Waals surface area contributed by atoms with Crippen LogP contribution in [0.4, 0.5) is 0 Å². The van der Waals surface area contributed by atoms with E-state index in [2.05, 4.69) is 64.1 Å². The summed E-state index contributed by atoms with van der Waals surface area (Å²) in [6.45, 7) is 9.16. The van der Waals surface area contributed by atoms with E-state index in [0.717, 1.165) is 0 Å². The van der Waals surface area contributed by atoms with E-state index < -0.39 is 0 Å². The van der Waals surface area contributed by atoms with Crippen LogP contribution in [0.2, 0.25) is 0 Å². The van der Waals surface area contributed by atoms with E-state index >= 15 is 0 Å². The molecule has 1 aliphatic carbocycles. The Hall–Kier alpha value is -1.30. The van der Waals surface area contributed by atoms with Crippen LogP contribution >= 0.6 is 0 Å². The van der Waals surface area contributed by atoms with E-state index in [-0.39, 0.29) is 5.41 Å². The maximum atomic E-state index is 2.35. The van der Waals surface area contributed by atoms with Crippen molar-refractivity contribution in [1.82, 2.24) is 0 Å². The van der Waals surface area contributed by atoms with E-state index in [1.807, 2.05) is 0 Å². The summed E-state index contributed by atoms with van der Waals surface area (Å²) in [5, 5.41) is 0. The van der Waals surface area contributed by atoms with Gasteiger partial charge in [-0.25, -0.2) is 0 Å². The number of rotatable bonds is 2. The van der Waals surface area contributed by atoms with Crippen molar-refractivity contribution in [2.24, 2.45) is 0 Å². The molecule has 0 spiro atoms. The molecule has 1 aliphatic rings. The monoisotopic (exact) mass is 226 g/mol.